The molecule has 2 aliphatic rings. The molecule has 0 spiro atoms. The number of carbonyl (C=O) groups is 1. The van der Waals surface area contributed by atoms with Gasteiger partial charge in [-0.15, -0.1) is 0 Å². The van der Waals surface area contributed by atoms with Crippen molar-refractivity contribution in [2.75, 3.05) is 19.6 Å². The minimum atomic E-state index is -0.0749. The van der Waals surface area contributed by atoms with Crippen LogP contribution in [0.3, 0.4) is 0 Å². The molecule has 1 fully saturated rings. The number of aryl methyl sites for hydroxylation is 2. The minimum Gasteiger partial charge on any atom is -0.338 e. The Hall–Kier alpha value is -3.12. The third-order valence-corrected chi connectivity index (χ3v) is 7.13. The van der Waals surface area contributed by atoms with Crippen LogP contribution in [0.4, 0.5) is 4.79 Å². The number of imidazole rings is 1. The van der Waals surface area contributed by atoms with Crippen LogP contribution in [0, 0.1) is 0 Å². The van der Waals surface area contributed by atoms with Gasteiger partial charge in [0.1, 0.15) is 0 Å². The van der Waals surface area contributed by atoms with Gasteiger partial charge in [-0.1, -0.05) is 54.6 Å². The van der Waals surface area contributed by atoms with E-state index in [0.29, 0.717) is 6.54 Å². The zero-order chi connectivity index (χ0) is 22.6. The van der Waals surface area contributed by atoms with Gasteiger partial charge in [0.15, 0.2) is 0 Å². The maximum atomic E-state index is 13.6. The summed E-state index contributed by atoms with van der Waals surface area (Å²) in [5.41, 5.74) is 5.02. The fourth-order valence-corrected chi connectivity index (χ4v) is 5.33. The highest BCUT2D eigenvalue weighted by Crippen LogP contribution is 2.36. The molecular weight excluding hydrogens is 410 g/mol. The lowest BCUT2D eigenvalue weighted by atomic mass is 9.89. The summed E-state index contributed by atoms with van der Waals surface area (Å²) in [6.45, 7) is 3.57. The molecule has 1 unspecified atom stereocenters. The Morgan fingerprint density at radius 3 is 2.55 bits per heavy atom. The quantitative estimate of drug-likeness (QED) is 0.660. The second kappa shape index (κ2) is 9.79. The van der Waals surface area contributed by atoms with Crippen LogP contribution in [0.25, 0.3) is 0 Å². The molecule has 5 rings (SSSR count). The lowest BCUT2D eigenvalue weighted by molar-refractivity contribution is 0.100. The number of amides is 2. The van der Waals surface area contributed by atoms with Crippen molar-refractivity contribution in [1.29, 1.82) is 0 Å². The smallest absolute Gasteiger partial charge is 0.318 e. The lowest BCUT2D eigenvalue weighted by Crippen LogP contribution is -2.52. The van der Waals surface area contributed by atoms with Crippen LogP contribution in [-0.2, 0) is 20.0 Å². The first-order valence-electron chi connectivity index (χ1n) is 12.1. The number of nitrogens with zero attached hydrogens (tertiary/aromatic N) is 4. The molecule has 172 valence electrons. The number of nitrogens with one attached hydrogen (secondary N) is 1. The molecule has 0 bridgehead atoms. The highest BCUT2D eigenvalue weighted by atomic mass is 16.2. The summed E-state index contributed by atoms with van der Waals surface area (Å²) in [6.07, 6.45) is 7.69. The number of aromatic nitrogens is 2. The maximum Gasteiger partial charge on any atom is 0.318 e. The molecule has 6 heteroatoms. The summed E-state index contributed by atoms with van der Waals surface area (Å²) in [5, 5.41) is 3.22. The van der Waals surface area contributed by atoms with Crippen molar-refractivity contribution in [2.24, 2.45) is 7.05 Å². The molecule has 3 heterocycles. The van der Waals surface area contributed by atoms with Crippen molar-refractivity contribution < 1.29 is 4.79 Å². The third-order valence-electron chi connectivity index (χ3n) is 7.13. The average Bonchev–Trinajstić information content (AvgIpc) is 3.28. The van der Waals surface area contributed by atoms with Crippen molar-refractivity contribution in [1.82, 2.24) is 24.7 Å². The van der Waals surface area contributed by atoms with E-state index in [-0.39, 0.29) is 18.1 Å². The summed E-state index contributed by atoms with van der Waals surface area (Å²) < 4.78 is 2.09. The first-order valence-corrected chi connectivity index (χ1v) is 12.1. The summed E-state index contributed by atoms with van der Waals surface area (Å²) in [5.74, 6) is 0. The molecule has 6 nitrogen and oxygen atoms in total. The number of likely N-dealkylation sites (tertiary alicyclic amines) is 1. The predicted molar refractivity (Wildman–Crippen MR) is 130 cm³/mol. The molecule has 1 N–H and O–H groups in total. The van der Waals surface area contributed by atoms with Gasteiger partial charge in [-0.25, -0.2) is 9.78 Å². The van der Waals surface area contributed by atoms with Gasteiger partial charge in [0, 0.05) is 45.5 Å². The zero-order valence-corrected chi connectivity index (χ0v) is 19.4. The van der Waals surface area contributed by atoms with E-state index in [9.17, 15) is 4.79 Å². The van der Waals surface area contributed by atoms with E-state index in [1.165, 1.54) is 22.4 Å². The fourth-order valence-electron chi connectivity index (χ4n) is 5.33. The van der Waals surface area contributed by atoms with E-state index >= 15 is 0 Å². The summed E-state index contributed by atoms with van der Waals surface area (Å²) in [6, 6.07) is 19.4. The third kappa shape index (κ3) is 4.67. The summed E-state index contributed by atoms with van der Waals surface area (Å²) >= 11 is 0. The highest BCUT2D eigenvalue weighted by molar-refractivity contribution is 5.76. The van der Waals surface area contributed by atoms with Crippen molar-refractivity contribution in [3.63, 3.8) is 0 Å². The van der Waals surface area contributed by atoms with Gasteiger partial charge in [0.25, 0.3) is 0 Å². The number of hydrogen-bond acceptors (Lipinski definition) is 3. The number of carbonyl (C=O) groups excluding carboxylic acids is 1. The monoisotopic (exact) mass is 443 g/mol. The van der Waals surface area contributed by atoms with Crippen molar-refractivity contribution in [2.45, 2.75) is 44.3 Å². The van der Waals surface area contributed by atoms with E-state index in [4.69, 9.17) is 0 Å². The van der Waals surface area contributed by atoms with Gasteiger partial charge >= 0.3 is 6.03 Å². The SMILES string of the molecule is Cn1cncc1CN1CCC(N2C(=O)NCCCc3ccccc3C2c2ccccc2)CC1. The van der Waals surface area contributed by atoms with Crippen molar-refractivity contribution in [3.8, 4) is 0 Å². The number of benzene rings is 2. The Balaban J connectivity index is 1.45. The Kier molecular flexibility index (Phi) is 6.44. The van der Waals surface area contributed by atoms with Crippen LogP contribution in [0.2, 0.25) is 0 Å². The molecule has 3 aromatic rings. The molecule has 1 saturated heterocycles. The Morgan fingerprint density at radius 1 is 1.03 bits per heavy atom. The fraction of sp³-hybridized carbons (Fsp3) is 0.407. The molecular formula is C27H33N5O. The molecule has 1 aromatic heterocycles. The largest absolute Gasteiger partial charge is 0.338 e. The summed E-state index contributed by atoms with van der Waals surface area (Å²) in [4.78, 5) is 22.5. The Bertz CT molecular complexity index is 1070. The van der Waals surface area contributed by atoms with Crippen LogP contribution < -0.4 is 5.32 Å². The molecule has 0 saturated carbocycles. The lowest BCUT2D eigenvalue weighted by Gasteiger charge is -2.43. The second-order valence-corrected chi connectivity index (χ2v) is 9.26. The van der Waals surface area contributed by atoms with Gasteiger partial charge in [0.2, 0.25) is 0 Å². The van der Waals surface area contributed by atoms with E-state index < -0.39 is 0 Å². The molecule has 33 heavy (non-hydrogen) atoms. The number of piperidine rings is 1. The van der Waals surface area contributed by atoms with E-state index in [1.807, 2.05) is 25.6 Å². The Morgan fingerprint density at radius 2 is 1.79 bits per heavy atom. The highest BCUT2D eigenvalue weighted by Gasteiger charge is 2.36. The molecule has 1 atom stereocenters. The molecule has 0 radical (unpaired) electrons. The average molecular weight is 444 g/mol. The number of hydrogen-bond donors (Lipinski definition) is 1. The van der Waals surface area contributed by atoms with Gasteiger partial charge in [-0.3, -0.25) is 4.90 Å². The number of rotatable bonds is 4. The van der Waals surface area contributed by atoms with Crippen LogP contribution >= 0.6 is 0 Å². The normalized spacial score (nSPS) is 20.5. The summed E-state index contributed by atoms with van der Waals surface area (Å²) in [7, 11) is 2.05. The van der Waals surface area contributed by atoms with Gasteiger partial charge in [0.05, 0.1) is 18.1 Å². The minimum absolute atomic E-state index is 0.0608. The van der Waals surface area contributed by atoms with Crippen LogP contribution in [0.1, 0.15) is 47.7 Å². The van der Waals surface area contributed by atoms with Gasteiger partial charge < -0.3 is 14.8 Å². The molecule has 2 aliphatic heterocycles. The number of fused-ring (bicyclic) bond motifs is 1. The van der Waals surface area contributed by atoms with Crippen LogP contribution in [-0.4, -0.2) is 51.1 Å². The number of urea groups is 1. The topological polar surface area (TPSA) is 53.4 Å². The van der Waals surface area contributed by atoms with Crippen molar-refractivity contribution in [3.05, 3.63) is 89.5 Å². The van der Waals surface area contributed by atoms with E-state index in [1.54, 1.807) is 0 Å². The van der Waals surface area contributed by atoms with E-state index in [2.05, 4.69) is 73.2 Å². The first-order chi connectivity index (χ1) is 16.2. The maximum absolute atomic E-state index is 13.6. The predicted octanol–water partition coefficient (Wildman–Crippen LogP) is 4.13. The van der Waals surface area contributed by atoms with Gasteiger partial charge in [-0.05, 0) is 42.4 Å². The van der Waals surface area contributed by atoms with Gasteiger partial charge in [-0.2, -0.15) is 0 Å². The zero-order valence-electron chi connectivity index (χ0n) is 19.4. The molecule has 2 amide bonds. The second-order valence-electron chi connectivity index (χ2n) is 9.26. The first kappa shape index (κ1) is 21.7. The molecule has 2 aromatic carbocycles. The van der Waals surface area contributed by atoms with Crippen molar-refractivity contribution >= 4 is 6.03 Å². The Labute approximate surface area is 196 Å². The standard InChI is InChI=1S/C27H33N5O/c1-30-20-28-18-24(30)19-31-16-13-23(14-17-31)32-26(22-9-3-2-4-10-22)25-12-6-5-8-21(25)11-7-15-29-27(32)33/h2-6,8-10,12,18,20,23,26H,7,11,13-17,19H2,1H3,(H,29,33). The van der Waals surface area contributed by atoms with E-state index in [0.717, 1.165) is 45.3 Å². The van der Waals surface area contributed by atoms with Crippen LogP contribution in [0.15, 0.2) is 67.1 Å². The molecule has 0 aliphatic carbocycles. The van der Waals surface area contributed by atoms with Crippen LogP contribution in [0.5, 0.6) is 0 Å².